The van der Waals surface area contributed by atoms with Crippen LogP contribution in [0.5, 0.6) is 5.75 Å². The number of rotatable bonds is 5. The molecule has 4 N–H and O–H groups in total. The third-order valence-corrected chi connectivity index (χ3v) is 4.31. The van der Waals surface area contributed by atoms with E-state index in [0.717, 1.165) is 5.69 Å². The molecule has 25 heavy (non-hydrogen) atoms. The summed E-state index contributed by atoms with van der Waals surface area (Å²) in [6.07, 6.45) is 0.501. The number of benzene rings is 2. The smallest absolute Gasteiger partial charge is 0.244 e. The van der Waals surface area contributed by atoms with Crippen molar-refractivity contribution < 1.29 is 9.53 Å². The van der Waals surface area contributed by atoms with E-state index in [1.54, 1.807) is 30.1 Å². The summed E-state index contributed by atoms with van der Waals surface area (Å²) in [7, 11) is 1.78. The van der Waals surface area contributed by atoms with Crippen molar-refractivity contribution in [3.63, 3.8) is 0 Å². The molecule has 1 aliphatic rings. The number of hydrogen-bond donors (Lipinski definition) is 3. The zero-order chi connectivity index (χ0) is 17.8. The second-order valence-corrected chi connectivity index (χ2v) is 6.11. The zero-order valence-corrected chi connectivity index (χ0v) is 14.1. The predicted octanol–water partition coefficient (Wildman–Crippen LogP) is 1.74. The number of para-hydroxylation sites is 1. The highest BCUT2D eigenvalue weighted by molar-refractivity contribution is 5.97. The number of nitrogens with two attached hydrogens (primary N) is 1. The Labute approximate surface area is 147 Å². The second kappa shape index (κ2) is 7.36. The summed E-state index contributed by atoms with van der Waals surface area (Å²) in [6, 6.07) is 16.4. The SMILES string of the molecule is CN(C(=O)C1CC(Oc2cccc(C(=N)N)c2)CN1)c1ccccc1. The molecule has 0 radical (unpaired) electrons. The molecule has 2 aromatic carbocycles. The number of likely N-dealkylation sites (N-methyl/N-ethyl adjacent to an activating group) is 1. The summed E-state index contributed by atoms with van der Waals surface area (Å²) in [5.41, 5.74) is 7.00. The van der Waals surface area contributed by atoms with Gasteiger partial charge in [0.1, 0.15) is 17.7 Å². The maximum absolute atomic E-state index is 12.7. The molecule has 1 heterocycles. The van der Waals surface area contributed by atoms with E-state index < -0.39 is 0 Å². The van der Waals surface area contributed by atoms with Gasteiger partial charge in [-0.15, -0.1) is 0 Å². The molecule has 1 saturated heterocycles. The summed E-state index contributed by atoms with van der Waals surface area (Å²) in [4.78, 5) is 14.3. The number of hydrogen-bond acceptors (Lipinski definition) is 4. The minimum Gasteiger partial charge on any atom is -0.489 e. The summed E-state index contributed by atoms with van der Waals surface area (Å²) in [5.74, 6) is 0.686. The molecule has 1 aliphatic heterocycles. The first kappa shape index (κ1) is 17.0. The summed E-state index contributed by atoms with van der Waals surface area (Å²) >= 11 is 0. The van der Waals surface area contributed by atoms with E-state index in [1.807, 2.05) is 36.4 Å². The van der Waals surface area contributed by atoms with Crippen molar-refractivity contribution in [1.29, 1.82) is 5.41 Å². The average molecular weight is 338 g/mol. The van der Waals surface area contributed by atoms with Gasteiger partial charge in [0.2, 0.25) is 5.91 Å². The molecule has 0 bridgehead atoms. The van der Waals surface area contributed by atoms with E-state index >= 15 is 0 Å². The second-order valence-electron chi connectivity index (χ2n) is 6.11. The maximum Gasteiger partial charge on any atom is 0.244 e. The molecule has 6 heteroatoms. The molecule has 2 unspecified atom stereocenters. The Morgan fingerprint density at radius 2 is 2.00 bits per heavy atom. The van der Waals surface area contributed by atoms with Gasteiger partial charge >= 0.3 is 0 Å². The molecule has 1 fully saturated rings. The Morgan fingerprint density at radius 3 is 2.72 bits per heavy atom. The quantitative estimate of drug-likeness (QED) is 0.572. The third kappa shape index (κ3) is 3.97. The van der Waals surface area contributed by atoms with Crippen LogP contribution in [0.2, 0.25) is 0 Å². The van der Waals surface area contributed by atoms with Crippen LogP contribution in [0.15, 0.2) is 54.6 Å². The number of nitrogens with one attached hydrogen (secondary N) is 2. The summed E-state index contributed by atoms with van der Waals surface area (Å²) in [6.45, 7) is 0.601. The number of nitrogen functional groups attached to an aromatic ring is 1. The van der Waals surface area contributed by atoms with Crippen molar-refractivity contribution in [2.45, 2.75) is 18.6 Å². The van der Waals surface area contributed by atoms with E-state index in [9.17, 15) is 4.79 Å². The Kier molecular flexibility index (Phi) is 5.00. The van der Waals surface area contributed by atoms with Gasteiger partial charge in [-0.05, 0) is 24.3 Å². The topological polar surface area (TPSA) is 91.4 Å². The molecule has 3 rings (SSSR count). The highest BCUT2D eigenvalue weighted by Gasteiger charge is 2.32. The van der Waals surface area contributed by atoms with E-state index in [4.69, 9.17) is 15.9 Å². The van der Waals surface area contributed by atoms with Crippen LogP contribution in [-0.2, 0) is 4.79 Å². The van der Waals surface area contributed by atoms with Crippen LogP contribution in [-0.4, -0.2) is 37.5 Å². The normalized spacial score (nSPS) is 19.4. The number of carbonyl (C=O) groups excluding carboxylic acids is 1. The first-order valence-electron chi connectivity index (χ1n) is 8.21. The van der Waals surface area contributed by atoms with Gasteiger partial charge in [0, 0.05) is 31.3 Å². The lowest BCUT2D eigenvalue weighted by Gasteiger charge is -2.21. The Balaban J connectivity index is 1.61. The van der Waals surface area contributed by atoms with Crippen molar-refractivity contribution in [3.05, 3.63) is 60.2 Å². The van der Waals surface area contributed by atoms with Crippen molar-refractivity contribution in [2.24, 2.45) is 5.73 Å². The third-order valence-electron chi connectivity index (χ3n) is 4.31. The van der Waals surface area contributed by atoms with Gasteiger partial charge in [0.25, 0.3) is 0 Å². The van der Waals surface area contributed by atoms with Gasteiger partial charge in [0.05, 0.1) is 6.04 Å². The molecule has 0 saturated carbocycles. The largest absolute Gasteiger partial charge is 0.489 e. The standard InChI is InChI=1S/C19H22N4O2/c1-23(14-7-3-2-4-8-14)19(24)17-11-16(12-22-17)25-15-9-5-6-13(10-15)18(20)21/h2-10,16-17,22H,11-12H2,1H3,(H3,20,21). The van der Waals surface area contributed by atoms with Crippen LogP contribution in [0.25, 0.3) is 0 Å². The minimum atomic E-state index is -0.272. The molecular weight excluding hydrogens is 316 g/mol. The Morgan fingerprint density at radius 1 is 1.24 bits per heavy atom. The van der Waals surface area contributed by atoms with E-state index in [-0.39, 0.29) is 23.9 Å². The van der Waals surface area contributed by atoms with Gasteiger partial charge in [-0.3, -0.25) is 10.2 Å². The summed E-state index contributed by atoms with van der Waals surface area (Å²) < 4.78 is 5.95. The lowest BCUT2D eigenvalue weighted by Crippen LogP contribution is -2.41. The van der Waals surface area contributed by atoms with Crippen LogP contribution < -0.4 is 20.7 Å². The number of nitrogens with zero attached hydrogens (tertiary/aromatic N) is 1. The number of amidine groups is 1. The Hall–Kier alpha value is -2.86. The highest BCUT2D eigenvalue weighted by Crippen LogP contribution is 2.21. The van der Waals surface area contributed by atoms with Crippen LogP contribution >= 0.6 is 0 Å². The van der Waals surface area contributed by atoms with Gasteiger partial charge in [-0.2, -0.15) is 0 Å². The van der Waals surface area contributed by atoms with E-state index in [0.29, 0.717) is 24.3 Å². The number of anilines is 1. The monoisotopic (exact) mass is 338 g/mol. The fourth-order valence-corrected chi connectivity index (χ4v) is 2.92. The lowest BCUT2D eigenvalue weighted by atomic mass is 10.1. The number of amides is 1. The number of carbonyl (C=O) groups is 1. The predicted molar refractivity (Wildman–Crippen MR) is 98.1 cm³/mol. The molecule has 130 valence electrons. The molecule has 0 aromatic heterocycles. The van der Waals surface area contributed by atoms with E-state index in [2.05, 4.69) is 5.32 Å². The van der Waals surface area contributed by atoms with Crippen LogP contribution in [0.3, 0.4) is 0 Å². The van der Waals surface area contributed by atoms with Crippen molar-refractivity contribution in [3.8, 4) is 5.75 Å². The zero-order valence-electron chi connectivity index (χ0n) is 14.1. The number of ether oxygens (including phenoxy) is 1. The van der Waals surface area contributed by atoms with Crippen molar-refractivity contribution >= 4 is 17.4 Å². The van der Waals surface area contributed by atoms with Crippen molar-refractivity contribution in [2.75, 3.05) is 18.5 Å². The fraction of sp³-hybridized carbons (Fsp3) is 0.263. The van der Waals surface area contributed by atoms with E-state index in [1.165, 1.54) is 0 Å². The van der Waals surface area contributed by atoms with Gasteiger partial charge < -0.3 is 20.7 Å². The molecule has 2 aromatic rings. The fourth-order valence-electron chi connectivity index (χ4n) is 2.92. The molecule has 0 spiro atoms. The lowest BCUT2D eigenvalue weighted by molar-refractivity contribution is -0.120. The van der Waals surface area contributed by atoms with Crippen molar-refractivity contribution in [1.82, 2.24) is 5.32 Å². The minimum absolute atomic E-state index is 0.00698. The van der Waals surface area contributed by atoms with Gasteiger partial charge in [0.15, 0.2) is 0 Å². The molecular formula is C19H22N4O2. The Bertz CT molecular complexity index is 763. The van der Waals surface area contributed by atoms with Crippen LogP contribution in [0.1, 0.15) is 12.0 Å². The van der Waals surface area contributed by atoms with Crippen LogP contribution in [0, 0.1) is 5.41 Å². The maximum atomic E-state index is 12.7. The molecule has 2 atom stereocenters. The van der Waals surface area contributed by atoms with Gasteiger partial charge in [-0.25, -0.2) is 0 Å². The van der Waals surface area contributed by atoms with Gasteiger partial charge in [-0.1, -0.05) is 30.3 Å². The molecule has 1 amide bonds. The summed E-state index contributed by atoms with van der Waals surface area (Å²) in [5, 5.41) is 10.7. The molecule has 6 nitrogen and oxygen atoms in total. The average Bonchev–Trinajstić information content (AvgIpc) is 3.10. The molecule has 0 aliphatic carbocycles. The van der Waals surface area contributed by atoms with Crippen LogP contribution in [0.4, 0.5) is 5.69 Å². The first-order valence-corrected chi connectivity index (χ1v) is 8.21. The highest BCUT2D eigenvalue weighted by atomic mass is 16.5. The first-order chi connectivity index (χ1) is 12.0.